The first-order valence-electron chi connectivity index (χ1n) is 12.8. The lowest BCUT2D eigenvalue weighted by Crippen LogP contribution is -2.36. The molecule has 9 nitrogen and oxygen atoms in total. The molecule has 0 spiro atoms. The zero-order chi connectivity index (χ0) is 26.7. The molecule has 0 bridgehead atoms. The zero-order valence-electron chi connectivity index (χ0n) is 21.6. The highest BCUT2D eigenvalue weighted by Crippen LogP contribution is 2.42. The van der Waals surface area contributed by atoms with Crippen LogP contribution in [0.25, 0.3) is 22.2 Å². The Bertz CT molecular complexity index is 1620. The molecule has 1 fully saturated rings. The van der Waals surface area contributed by atoms with Crippen LogP contribution in [0.3, 0.4) is 0 Å². The number of halogens is 1. The molecular formula is C27H30FN7O2S. The normalized spacial score (nSPS) is 17.6. The number of anilines is 1. The van der Waals surface area contributed by atoms with E-state index in [1.54, 1.807) is 13.2 Å². The highest BCUT2D eigenvalue weighted by atomic mass is 32.2. The summed E-state index contributed by atoms with van der Waals surface area (Å²) in [7, 11) is -2.24. The van der Waals surface area contributed by atoms with Crippen LogP contribution in [0.4, 0.5) is 10.1 Å². The molecule has 0 aliphatic heterocycles. The molecular weight excluding hydrogens is 505 g/mol. The zero-order valence-corrected chi connectivity index (χ0v) is 22.4. The number of aryl methyl sites for hydroxylation is 1. The summed E-state index contributed by atoms with van der Waals surface area (Å²) in [5.74, 6) is 0.937. The molecule has 0 radical (unpaired) electrons. The van der Waals surface area contributed by atoms with Gasteiger partial charge in [0, 0.05) is 52.4 Å². The third-order valence-electron chi connectivity index (χ3n) is 7.08. The molecule has 11 heteroatoms. The van der Waals surface area contributed by atoms with Gasteiger partial charge >= 0.3 is 0 Å². The second-order valence-electron chi connectivity index (χ2n) is 10.9. The van der Waals surface area contributed by atoms with Crippen LogP contribution in [0.1, 0.15) is 49.4 Å². The van der Waals surface area contributed by atoms with Gasteiger partial charge in [0.05, 0.1) is 11.9 Å². The second kappa shape index (κ2) is 9.09. The summed E-state index contributed by atoms with van der Waals surface area (Å²) in [5, 5.41) is 17.2. The van der Waals surface area contributed by atoms with E-state index in [0.29, 0.717) is 30.0 Å². The number of aromatic nitrogens is 5. The van der Waals surface area contributed by atoms with Gasteiger partial charge in [0.1, 0.15) is 5.67 Å². The Morgan fingerprint density at radius 2 is 1.89 bits per heavy atom. The molecule has 2 aliphatic carbocycles. The average Bonchev–Trinajstić information content (AvgIpc) is 3.51. The fourth-order valence-electron chi connectivity index (χ4n) is 5.07. The first kappa shape index (κ1) is 24.9. The maximum absolute atomic E-state index is 14.3. The molecule has 2 aliphatic rings. The number of fused-ring (bicyclic) bond motifs is 2. The van der Waals surface area contributed by atoms with Gasteiger partial charge in [-0.05, 0) is 92.3 Å². The molecule has 198 valence electrons. The Labute approximate surface area is 220 Å². The number of tetrazole rings is 1. The molecule has 38 heavy (non-hydrogen) atoms. The van der Waals surface area contributed by atoms with Crippen molar-refractivity contribution in [2.45, 2.75) is 62.1 Å². The fourth-order valence-corrected chi connectivity index (χ4v) is 6.75. The van der Waals surface area contributed by atoms with Crippen LogP contribution < -0.4 is 10.0 Å². The van der Waals surface area contributed by atoms with E-state index >= 15 is 0 Å². The van der Waals surface area contributed by atoms with Crippen molar-refractivity contribution in [1.29, 1.82) is 0 Å². The van der Waals surface area contributed by atoms with E-state index in [9.17, 15) is 12.8 Å². The van der Waals surface area contributed by atoms with Crippen molar-refractivity contribution in [2.75, 3.05) is 11.9 Å². The lowest BCUT2D eigenvalue weighted by molar-refractivity contribution is 0.221. The number of pyridine rings is 1. The number of benzene rings is 2. The predicted molar refractivity (Wildman–Crippen MR) is 143 cm³/mol. The maximum atomic E-state index is 14.3. The van der Waals surface area contributed by atoms with Crippen LogP contribution in [0.15, 0.2) is 47.5 Å². The smallest absolute Gasteiger partial charge is 0.241 e. The summed E-state index contributed by atoms with van der Waals surface area (Å²) in [6, 6.07) is 11.8. The molecule has 0 amide bonds. The largest absolute Gasteiger partial charge is 0.382 e. The van der Waals surface area contributed by atoms with E-state index in [0.717, 1.165) is 46.3 Å². The van der Waals surface area contributed by atoms with Gasteiger partial charge in [-0.3, -0.25) is 4.98 Å². The van der Waals surface area contributed by atoms with Gasteiger partial charge < -0.3 is 5.32 Å². The van der Waals surface area contributed by atoms with E-state index in [1.165, 1.54) is 18.6 Å². The van der Waals surface area contributed by atoms with Crippen molar-refractivity contribution >= 4 is 26.5 Å². The Balaban J connectivity index is 1.32. The summed E-state index contributed by atoms with van der Waals surface area (Å²) in [5.41, 5.74) is 2.78. The third-order valence-corrected chi connectivity index (χ3v) is 8.61. The third kappa shape index (κ3) is 5.00. The van der Waals surface area contributed by atoms with E-state index in [-0.39, 0.29) is 17.5 Å². The topological polar surface area (TPSA) is 115 Å². The molecule has 1 saturated carbocycles. The number of nitrogens with one attached hydrogen (secondary N) is 2. The number of hydrogen-bond acceptors (Lipinski definition) is 7. The van der Waals surface area contributed by atoms with Gasteiger partial charge in [-0.25, -0.2) is 17.5 Å². The monoisotopic (exact) mass is 535 g/mol. The second-order valence-corrected chi connectivity index (χ2v) is 12.6. The summed E-state index contributed by atoms with van der Waals surface area (Å²) in [6.45, 7) is 2.43. The van der Waals surface area contributed by atoms with E-state index in [4.69, 9.17) is 0 Å². The molecule has 2 aromatic carbocycles. The molecule has 6 rings (SSSR count). The quantitative estimate of drug-likeness (QED) is 0.352. The molecule has 0 unspecified atom stereocenters. The van der Waals surface area contributed by atoms with Gasteiger partial charge in [-0.15, -0.1) is 10.2 Å². The van der Waals surface area contributed by atoms with E-state index in [1.807, 2.05) is 30.3 Å². The van der Waals surface area contributed by atoms with Crippen LogP contribution in [-0.4, -0.2) is 51.9 Å². The Kier molecular flexibility index (Phi) is 5.95. The highest BCUT2D eigenvalue weighted by Gasteiger charge is 2.33. The highest BCUT2D eigenvalue weighted by molar-refractivity contribution is 7.89. The first-order valence-corrected chi connectivity index (χ1v) is 14.3. The van der Waals surface area contributed by atoms with E-state index in [2.05, 4.69) is 36.5 Å². The van der Waals surface area contributed by atoms with Crippen molar-refractivity contribution in [3.8, 4) is 11.4 Å². The summed E-state index contributed by atoms with van der Waals surface area (Å²) in [4.78, 5) is 6.29. The van der Waals surface area contributed by atoms with Gasteiger partial charge in [0.2, 0.25) is 15.8 Å². The first-order chi connectivity index (χ1) is 18.1. The lowest BCUT2D eigenvalue weighted by Gasteiger charge is -2.18. The predicted octanol–water partition coefficient (Wildman–Crippen LogP) is 3.91. The van der Waals surface area contributed by atoms with Crippen LogP contribution in [0, 0.1) is 0 Å². The van der Waals surface area contributed by atoms with Gasteiger partial charge in [-0.2, -0.15) is 4.80 Å². The van der Waals surface area contributed by atoms with Crippen LogP contribution in [0.5, 0.6) is 0 Å². The van der Waals surface area contributed by atoms with Gasteiger partial charge in [-0.1, -0.05) is 0 Å². The van der Waals surface area contributed by atoms with Crippen molar-refractivity contribution in [3.05, 3.63) is 59.4 Å². The molecule has 2 heterocycles. The minimum Gasteiger partial charge on any atom is -0.382 e. The van der Waals surface area contributed by atoms with Crippen LogP contribution in [-0.2, 0) is 29.9 Å². The Hall–Kier alpha value is -3.44. The summed E-state index contributed by atoms with van der Waals surface area (Å²) in [6.07, 6.45) is 5.12. The van der Waals surface area contributed by atoms with Gasteiger partial charge in [0.25, 0.3) is 0 Å². The average molecular weight is 536 g/mol. The molecule has 1 atom stereocenters. The Morgan fingerprint density at radius 1 is 1.13 bits per heavy atom. The maximum Gasteiger partial charge on any atom is 0.241 e. The number of nitrogens with zero attached hydrogens (tertiary/aromatic N) is 5. The number of rotatable bonds is 8. The fraction of sp³-hybridized carbons (Fsp3) is 0.407. The molecule has 2 N–H and O–H groups in total. The van der Waals surface area contributed by atoms with Crippen molar-refractivity contribution in [3.63, 3.8) is 0 Å². The molecule has 2 aromatic heterocycles. The van der Waals surface area contributed by atoms with Gasteiger partial charge in [0.15, 0.2) is 0 Å². The lowest BCUT2D eigenvalue weighted by atomic mass is 10.0. The molecule has 4 aromatic rings. The van der Waals surface area contributed by atoms with Crippen molar-refractivity contribution < 1.29 is 12.8 Å². The van der Waals surface area contributed by atoms with Crippen LogP contribution >= 0.6 is 0 Å². The number of alkyl halides is 1. The minimum atomic E-state index is -3.97. The van der Waals surface area contributed by atoms with Crippen LogP contribution in [0.2, 0.25) is 0 Å². The number of hydrogen-bond donors (Lipinski definition) is 2. The summed E-state index contributed by atoms with van der Waals surface area (Å²) < 4.78 is 44.1. The van der Waals surface area contributed by atoms with Crippen molar-refractivity contribution in [2.24, 2.45) is 7.05 Å². The summed E-state index contributed by atoms with van der Waals surface area (Å²) >= 11 is 0. The molecule has 0 saturated heterocycles. The number of sulfonamides is 1. The standard InChI is InChI=1S/C27H30FN7O2S/c1-27(2,28)15-30-38(36,37)25-22-12-21(31-20-8-6-17(7-9-20)26-32-34-35(3)33-26)11-18(22)10-19-14-29-24(13-23(19)25)16-4-5-16/h6-10,13-14,16,21,30-31H,4-5,11-12,15H2,1-3H3/t21-/m1/s1. The van der Waals surface area contributed by atoms with E-state index < -0.39 is 15.7 Å². The SMILES string of the molecule is Cn1nnc(-c2ccc(N[C@@H]3Cc4cc5cnc(C6CC6)cc5c(S(=O)(=O)NCC(C)(C)F)c4C3)cc2)n1. The Morgan fingerprint density at radius 3 is 2.55 bits per heavy atom. The van der Waals surface area contributed by atoms with Crippen molar-refractivity contribution in [1.82, 2.24) is 29.9 Å². The minimum absolute atomic E-state index is 0.00438.